The van der Waals surface area contributed by atoms with Gasteiger partial charge in [-0.05, 0) is 24.3 Å². The molecule has 0 bridgehead atoms. The van der Waals surface area contributed by atoms with Crippen molar-refractivity contribution in [2.75, 3.05) is 6.61 Å². The molecule has 4 heteroatoms. The molecular formula is C15H18O4. The SMILES string of the molecule is C=C1C(=O)OC2CC(C)(C3CO3)C(C(=C)C=O)CC12. The molecule has 0 amide bonds. The Morgan fingerprint density at radius 1 is 1.53 bits per heavy atom. The third-order valence-electron chi connectivity index (χ3n) is 5.01. The van der Waals surface area contributed by atoms with Gasteiger partial charge in [0, 0.05) is 16.9 Å². The van der Waals surface area contributed by atoms with Crippen LogP contribution in [0.25, 0.3) is 0 Å². The molecule has 3 fully saturated rings. The van der Waals surface area contributed by atoms with E-state index in [-0.39, 0.29) is 35.4 Å². The Kier molecular flexibility index (Phi) is 2.68. The molecule has 2 aliphatic heterocycles. The van der Waals surface area contributed by atoms with E-state index >= 15 is 0 Å². The second-order valence-electron chi connectivity index (χ2n) is 6.09. The van der Waals surface area contributed by atoms with Crippen molar-refractivity contribution < 1.29 is 19.1 Å². The van der Waals surface area contributed by atoms with Crippen molar-refractivity contribution >= 4 is 12.3 Å². The van der Waals surface area contributed by atoms with Gasteiger partial charge in [0.15, 0.2) is 0 Å². The molecule has 2 heterocycles. The Hall–Kier alpha value is -1.42. The molecule has 5 unspecified atom stereocenters. The van der Waals surface area contributed by atoms with Crippen molar-refractivity contribution in [2.24, 2.45) is 17.3 Å². The van der Waals surface area contributed by atoms with Crippen LogP contribution in [0.4, 0.5) is 0 Å². The number of rotatable bonds is 3. The molecule has 1 saturated carbocycles. The summed E-state index contributed by atoms with van der Waals surface area (Å²) in [6.07, 6.45) is 2.26. The lowest BCUT2D eigenvalue weighted by molar-refractivity contribution is -0.142. The number of fused-ring (bicyclic) bond motifs is 1. The predicted molar refractivity (Wildman–Crippen MR) is 68.3 cm³/mol. The molecule has 19 heavy (non-hydrogen) atoms. The van der Waals surface area contributed by atoms with Gasteiger partial charge in [0.1, 0.15) is 12.4 Å². The monoisotopic (exact) mass is 262 g/mol. The molecule has 4 nitrogen and oxygen atoms in total. The van der Waals surface area contributed by atoms with E-state index in [9.17, 15) is 9.59 Å². The lowest BCUT2D eigenvalue weighted by Crippen LogP contribution is -2.45. The Balaban J connectivity index is 1.93. The largest absolute Gasteiger partial charge is 0.458 e. The average Bonchev–Trinajstić information content (AvgIpc) is 3.18. The number of carbonyl (C=O) groups excluding carboxylic acids is 2. The fourth-order valence-electron chi connectivity index (χ4n) is 3.69. The van der Waals surface area contributed by atoms with Crippen LogP contribution in [0.5, 0.6) is 0 Å². The van der Waals surface area contributed by atoms with Gasteiger partial charge < -0.3 is 9.47 Å². The zero-order chi connectivity index (χ0) is 13.8. The van der Waals surface area contributed by atoms with Crippen molar-refractivity contribution in [3.05, 3.63) is 24.3 Å². The smallest absolute Gasteiger partial charge is 0.334 e. The van der Waals surface area contributed by atoms with E-state index in [4.69, 9.17) is 9.47 Å². The molecule has 0 N–H and O–H groups in total. The van der Waals surface area contributed by atoms with Crippen molar-refractivity contribution in [2.45, 2.75) is 32.0 Å². The lowest BCUT2D eigenvalue weighted by atomic mass is 9.59. The first-order chi connectivity index (χ1) is 8.97. The van der Waals surface area contributed by atoms with Crippen LogP contribution in [-0.4, -0.2) is 31.1 Å². The zero-order valence-electron chi connectivity index (χ0n) is 11.1. The second kappa shape index (κ2) is 4.04. The minimum Gasteiger partial charge on any atom is -0.458 e. The summed E-state index contributed by atoms with van der Waals surface area (Å²) in [5, 5.41) is 0. The first-order valence-electron chi connectivity index (χ1n) is 6.62. The summed E-state index contributed by atoms with van der Waals surface area (Å²) in [6, 6.07) is 0. The second-order valence-corrected chi connectivity index (χ2v) is 6.09. The van der Waals surface area contributed by atoms with Gasteiger partial charge >= 0.3 is 5.97 Å². The first-order valence-corrected chi connectivity index (χ1v) is 6.62. The molecular weight excluding hydrogens is 244 g/mol. The van der Waals surface area contributed by atoms with Crippen LogP contribution in [-0.2, 0) is 19.1 Å². The van der Waals surface area contributed by atoms with E-state index in [0.717, 1.165) is 6.29 Å². The molecule has 102 valence electrons. The standard InChI is InChI=1S/C15H18O4/c1-8(6-16)11-4-10-9(2)14(17)19-12(10)5-15(11,3)13-7-18-13/h6,10-13H,1-2,4-5,7H2,3H3. The number of allylic oxidation sites excluding steroid dienone is 1. The summed E-state index contributed by atoms with van der Waals surface area (Å²) in [5.41, 5.74) is 0.945. The molecule has 1 aliphatic carbocycles. The van der Waals surface area contributed by atoms with E-state index in [1.807, 2.05) is 0 Å². The Bertz CT molecular complexity index is 477. The van der Waals surface area contributed by atoms with Crippen molar-refractivity contribution in [1.82, 2.24) is 0 Å². The summed E-state index contributed by atoms with van der Waals surface area (Å²) in [7, 11) is 0. The third-order valence-corrected chi connectivity index (χ3v) is 5.01. The number of esters is 1. The summed E-state index contributed by atoms with van der Waals surface area (Å²) in [5.74, 6) is -0.252. The van der Waals surface area contributed by atoms with Gasteiger partial charge in [-0.2, -0.15) is 0 Å². The Labute approximate surface area is 112 Å². The molecule has 2 saturated heterocycles. The summed E-state index contributed by atoms with van der Waals surface area (Å²) < 4.78 is 10.9. The van der Waals surface area contributed by atoms with E-state index in [1.165, 1.54) is 0 Å². The molecule has 0 aromatic heterocycles. The van der Waals surface area contributed by atoms with Crippen molar-refractivity contribution in [1.29, 1.82) is 0 Å². The molecule has 0 spiro atoms. The van der Waals surface area contributed by atoms with Crippen LogP contribution < -0.4 is 0 Å². The highest BCUT2D eigenvalue weighted by Gasteiger charge is 2.57. The number of hydrogen-bond donors (Lipinski definition) is 0. The maximum Gasteiger partial charge on any atom is 0.334 e. The van der Waals surface area contributed by atoms with Gasteiger partial charge in [-0.25, -0.2) is 4.79 Å². The molecule has 3 rings (SSSR count). The van der Waals surface area contributed by atoms with Crippen LogP contribution >= 0.6 is 0 Å². The predicted octanol–water partition coefficient (Wildman–Crippen LogP) is 1.65. The fourth-order valence-corrected chi connectivity index (χ4v) is 3.69. The molecule has 0 aromatic rings. The Morgan fingerprint density at radius 3 is 2.79 bits per heavy atom. The minimum atomic E-state index is -0.300. The topological polar surface area (TPSA) is 55.9 Å². The van der Waals surface area contributed by atoms with Gasteiger partial charge in [0.2, 0.25) is 0 Å². The molecule has 0 aromatic carbocycles. The van der Waals surface area contributed by atoms with Crippen LogP contribution in [0.1, 0.15) is 19.8 Å². The van der Waals surface area contributed by atoms with E-state index in [1.54, 1.807) is 0 Å². The molecule has 5 atom stereocenters. The van der Waals surface area contributed by atoms with Crippen LogP contribution in [0, 0.1) is 17.3 Å². The summed E-state index contributed by atoms with van der Waals surface area (Å²) in [4.78, 5) is 22.7. The van der Waals surface area contributed by atoms with Crippen molar-refractivity contribution in [3.8, 4) is 0 Å². The molecule has 3 aliphatic rings. The van der Waals surface area contributed by atoms with Gasteiger partial charge in [-0.3, -0.25) is 4.79 Å². The highest BCUT2D eigenvalue weighted by atomic mass is 16.6. The van der Waals surface area contributed by atoms with Gasteiger partial charge in [-0.1, -0.05) is 20.1 Å². The maximum absolute atomic E-state index is 11.6. The normalized spacial score (nSPS) is 44.5. The van der Waals surface area contributed by atoms with Gasteiger partial charge in [0.25, 0.3) is 0 Å². The number of epoxide rings is 1. The van der Waals surface area contributed by atoms with Crippen LogP contribution in [0.15, 0.2) is 24.3 Å². The lowest BCUT2D eigenvalue weighted by Gasteiger charge is -2.44. The van der Waals surface area contributed by atoms with Crippen LogP contribution in [0.3, 0.4) is 0 Å². The number of aldehydes is 1. The zero-order valence-corrected chi connectivity index (χ0v) is 11.1. The van der Waals surface area contributed by atoms with Gasteiger partial charge in [-0.15, -0.1) is 0 Å². The highest BCUT2D eigenvalue weighted by Crippen LogP contribution is 2.55. The van der Waals surface area contributed by atoms with Crippen molar-refractivity contribution in [3.63, 3.8) is 0 Å². The third kappa shape index (κ3) is 1.77. The minimum absolute atomic E-state index is 0.0148. The average molecular weight is 262 g/mol. The summed E-state index contributed by atoms with van der Waals surface area (Å²) in [6.45, 7) is 10.5. The molecule has 0 radical (unpaired) electrons. The number of hydrogen-bond acceptors (Lipinski definition) is 4. The first kappa shape index (κ1) is 12.6. The van der Waals surface area contributed by atoms with Gasteiger partial charge in [0.05, 0.1) is 12.7 Å². The number of carbonyl (C=O) groups is 2. The Morgan fingerprint density at radius 2 is 2.21 bits per heavy atom. The van der Waals surface area contributed by atoms with E-state index < -0.39 is 0 Å². The quantitative estimate of drug-likeness (QED) is 0.336. The maximum atomic E-state index is 11.6. The highest BCUT2D eigenvalue weighted by molar-refractivity contribution is 5.91. The van der Waals surface area contributed by atoms with E-state index in [0.29, 0.717) is 30.6 Å². The fraction of sp³-hybridized carbons (Fsp3) is 0.600. The van der Waals surface area contributed by atoms with E-state index in [2.05, 4.69) is 20.1 Å². The van der Waals surface area contributed by atoms with Crippen LogP contribution in [0.2, 0.25) is 0 Å². The number of ether oxygens (including phenoxy) is 2. The summed E-state index contributed by atoms with van der Waals surface area (Å²) >= 11 is 0.